The van der Waals surface area contributed by atoms with Gasteiger partial charge in [0, 0.05) is 28.3 Å². The van der Waals surface area contributed by atoms with Gasteiger partial charge in [-0.2, -0.15) is 0 Å². The van der Waals surface area contributed by atoms with Gasteiger partial charge >= 0.3 is 5.97 Å². The molecule has 1 fully saturated rings. The van der Waals surface area contributed by atoms with Gasteiger partial charge in [-0.1, -0.05) is 33.6 Å². The minimum absolute atomic E-state index is 0.196. The molecule has 0 amide bonds. The van der Waals surface area contributed by atoms with Crippen LogP contribution in [0, 0.1) is 0 Å². The number of rotatable bonds is 7. The predicted molar refractivity (Wildman–Crippen MR) is 117 cm³/mol. The molecule has 0 bridgehead atoms. The zero-order valence-corrected chi connectivity index (χ0v) is 18.2. The van der Waals surface area contributed by atoms with Gasteiger partial charge in [0.05, 0.1) is 14.2 Å². The summed E-state index contributed by atoms with van der Waals surface area (Å²) in [7, 11) is 3.09. The molecule has 150 valence electrons. The number of hydrogen-bond acceptors (Lipinski definition) is 4. The molecular weight excluding hydrogens is 432 g/mol. The number of benzene rings is 2. The maximum atomic E-state index is 11.6. The van der Waals surface area contributed by atoms with Crippen LogP contribution in [-0.2, 0) is 16.0 Å². The summed E-state index contributed by atoms with van der Waals surface area (Å²) in [4.78, 5) is 11.6. The van der Waals surface area contributed by atoms with Gasteiger partial charge in [-0.15, -0.1) is 0 Å². The zero-order chi connectivity index (χ0) is 20.4. The summed E-state index contributed by atoms with van der Waals surface area (Å²) >= 11 is 3.53. The van der Waals surface area contributed by atoms with Crippen LogP contribution in [0.25, 0.3) is 16.5 Å². The summed E-state index contributed by atoms with van der Waals surface area (Å²) < 4.78 is 17.6. The second kappa shape index (κ2) is 8.46. The normalized spacial score (nSPS) is 12.9. The second-order valence-corrected chi connectivity index (χ2v) is 8.09. The molecule has 3 aromatic rings. The fourth-order valence-electron chi connectivity index (χ4n) is 3.65. The Labute approximate surface area is 178 Å². The van der Waals surface area contributed by atoms with Crippen molar-refractivity contribution in [2.24, 2.45) is 0 Å². The van der Waals surface area contributed by atoms with E-state index >= 15 is 0 Å². The SMILES string of the molecule is COC(=O)CCCc1oc2ccc(OC)cc2c1C(=C1CC1)c1ccc(Br)cc1. The number of esters is 1. The van der Waals surface area contributed by atoms with Crippen molar-refractivity contribution in [2.45, 2.75) is 32.1 Å². The molecule has 0 radical (unpaired) electrons. The van der Waals surface area contributed by atoms with E-state index in [1.54, 1.807) is 7.11 Å². The van der Waals surface area contributed by atoms with Crippen molar-refractivity contribution in [1.82, 2.24) is 0 Å². The van der Waals surface area contributed by atoms with E-state index in [0.29, 0.717) is 19.3 Å². The molecule has 0 N–H and O–H groups in total. The third-order valence-electron chi connectivity index (χ3n) is 5.22. The number of halogens is 1. The van der Waals surface area contributed by atoms with E-state index in [1.807, 2.05) is 18.2 Å². The number of aryl methyl sites for hydroxylation is 1. The van der Waals surface area contributed by atoms with Crippen LogP contribution in [0.15, 0.2) is 56.9 Å². The van der Waals surface area contributed by atoms with Crippen molar-refractivity contribution in [3.63, 3.8) is 0 Å². The Morgan fingerprint density at radius 1 is 1.10 bits per heavy atom. The first-order valence-corrected chi connectivity index (χ1v) is 10.5. The quantitative estimate of drug-likeness (QED) is 0.393. The van der Waals surface area contributed by atoms with Crippen LogP contribution in [0.4, 0.5) is 0 Å². The third-order valence-corrected chi connectivity index (χ3v) is 5.75. The zero-order valence-electron chi connectivity index (χ0n) is 16.6. The van der Waals surface area contributed by atoms with E-state index < -0.39 is 0 Å². The number of ether oxygens (including phenoxy) is 2. The molecule has 4 rings (SSSR count). The van der Waals surface area contributed by atoms with Gasteiger partial charge < -0.3 is 13.9 Å². The van der Waals surface area contributed by atoms with Crippen molar-refractivity contribution >= 4 is 38.4 Å². The highest BCUT2D eigenvalue weighted by atomic mass is 79.9. The van der Waals surface area contributed by atoms with Crippen LogP contribution in [0.3, 0.4) is 0 Å². The maximum absolute atomic E-state index is 11.6. The average molecular weight is 455 g/mol. The molecule has 1 aliphatic carbocycles. The van der Waals surface area contributed by atoms with Gasteiger partial charge in [-0.05, 0) is 60.7 Å². The molecule has 0 spiro atoms. The lowest BCUT2D eigenvalue weighted by atomic mass is 9.93. The molecule has 0 saturated heterocycles. The summed E-state index contributed by atoms with van der Waals surface area (Å²) in [6.45, 7) is 0. The van der Waals surface area contributed by atoms with Gasteiger partial charge in [-0.25, -0.2) is 0 Å². The third kappa shape index (κ3) is 4.25. The molecule has 1 heterocycles. The smallest absolute Gasteiger partial charge is 0.305 e. The van der Waals surface area contributed by atoms with Crippen LogP contribution in [-0.4, -0.2) is 20.2 Å². The first-order valence-electron chi connectivity index (χ1n) is 9.75. The summed E-state index contributed by atoms with van der Waals surface area (Å²) in [5.74, 6) is 1.52. The van der Waals surface area contributed by atoms with Crippen molar-refractivity contribution < 1.29 is 18.7 Å². The summed E-state index contributed by atoms with van der Waals surface area (Å²) in [6, 6.07) is 14.3. The van der Waals surface area contributed by atoms with Gasteiger partial charge in [-0.3, -0.25) is 4.79 Å². The number of furan rings is 1. The number of methoxy groups -OCH3 is 2. The number of fused-ring (bicyclic) bond motifs is 1. The summed E-state index contributed by atoms with van der Waals surface area (Å²) in [5.41, 5.74) is 5.83. The molecule has 4 nitrogen and oxygen atoms in total. The van der Waals surface area contributed by atoms with E-state index in [4.69, 9.17) is 13.9 Å². The fourth-order valence-corrected chi connectivity index (χ4v) is 3.92. The lowest BCUT2D eigenvalue weighted by Crippen LogP contribution is -2.01. The molecule has 2 aromatic carbocycles. The van der Waals surface area contributed by atoms with Crippen molar-refractivity contribution in [3.8, 4) is 5.75 Å². The Morgan fingerprint density at radius 2 is 1.86 bits per heavy atom. The minimum atomic E-state index is -0.196. The fraction of sp³-hybridized carbons (Fsp3) is 0.292. The van der Waals surface area contributed by atoms with E-state index in [0.717, 1.165) is 45.4 Å². The van der Waals surface area contributed by atoms with Crippen LogP contribution in [0.5, 0.6) is 5.75 Å². The van der Waals surface area contributed by atoms with E-state index in [1.165, 1.54) is 23.8 Å². The number of carbonyl (C=O) groups excluding carboxylic acids is 1. The van der Waals surface area contributed by atoms with Crippen LogP contribution >= 0.6 is 15.9 Å². The van der Waals surface area contributed by atoms with Gasteiger partial charge in [0.15, 0.2) is 0 Å². The average Bonchev–Trinajstić information content (AvgIpc) is 3.51. The van der Waals surface area contributed by atoms with Crippen LogP contribution in [0.1, 0.15) is 42.6 Å². The van der Waals surface area contributed by atoms with Gasteiger partial charge in [0.1, 0.15) is 17.1 Å². The highest BCUT2D eigenvalue weighted by molar-refractivity contribution is 9.10. The van der Waals surface area contributed by atoms with Gasteiger partial charge in [0.2, 0.25) is 0 Å². The van der Waals surface area contributed by atoms with Crippen LogP contribution < -0.4 is 4.74 Å². The van der Waals surface area contributed by atoms with E-state index in [2.05, 4.69) is 40.2 Å². The number of hydrogen-bond donors (Lipinski definition) is 0. The predicted octanol–water partition coefficient (Wildman–Crippen LogP) is 6.30. The van der Waals surface area contributed by atoms with Crippen LogP contribution in [0.2, 0.25) is 0 Å². The largest absolute Gasteiger partial charge is 0.497 e. The molecule has 1 aromatic heterocycles. The van der Waals surface area contributed by atoms with Crippen molar-refractivity contribution in [3.05, 3.63) is 69.4 Å². The summed E-state index contributed by atoms with van der Waals surface area (Å²) in [6.07, 6.45) is 3.93. The van der Waals surface area contributed by atoms with E-state index in [-0.39, 0.29) is 5.97 Å². The molecule has 1 aliphatic rings. The lowest BCUT2D eigenvalue weighted by molar-refractivity contribution is -0.140. The Kier molecular flexibility index (Phi) is 5.76. The number of allylic oxidation sites excluding steroid dienone is 1. The van der Waals surface area contributed by atoms with E-state index in [9.17, 15) is 4.79 Å². The summed E-state index contributed by atoms with van der Waals surface area (Å²) in [5, 5.41) is 1.05. The number of carbonyl (C=O) groups is 1. The molecule has 5 heteroatoms. The molecule has 0 aliphatic heterocycles. The molecule has 29 heavy (non-hydrogen) atoms. The molecular formula is C24H23BrO4. The Morgan fingerprint density at radius 3 is 2.52 bits per heavy atom. The monoisotopic (exact) mass is 454 g/mol. The molecule has 1 saturated carbocycles. The second-order valence-electron chi connectivity index (χ2n) is 7.18. The van der Waals surface area contributed by atoms with Gasteiger partial charge in [0.25, 0.3) is 0 Å². The first kappa shape index (κ1) is 19.8. The Hall–Kier alpha value is -2.53. The Balaban J connectivity index is 1.83. The lowest BCUT2D eigenvalue weighted by Gasteiger charge is -2.10. The van der Waals surface area contributed by atoms with Crippen molar-refractivity contribution in [2.75, 3.05) is 14.2 Å². The maximum Gasteiger partial charge on any atom is 0.305 e. The highest BCUT2D eigenvalue weighted by Gasteiger charge is 2.26. The first-order chi connectivity index (χ1) is 14.1. The molecule has 0 unspecified atom stereocenters. The standard InChI is InChI=1S/C24H23BrO4/c1-27-18-12-13-20-19(14-18)24(21(29-20)4-3-5-22(26)28-2)23(15-6-7-15)16-8-10-17(25)11-9-16/h8-14H,3-7H2,1-2H3. The van der Waals surface area contributed by atoms with Crippen molar-refractivity contribution in [1.29, 1.82) is 0 Å². The topological polar surface area (TPSA) is 48.7 Å². The highest BCUT2D eigenvalue weighted by Crippen LogP contribution is 2.45. The Bertz CT molecular complexity index is 1070. The molecule has 0 atom stereocenters. The minimum Gasteiger partial charge on any atom is -0.497 e.